The monoisotopic (exact) mass is 577 g/mol. The number of carbonyl (C=O) groups excluding carboxylic acids is 1. The average Bonchev–Trinajstić information content (AvgIpc) is 3.77. The number of nitrogens with zero attached hydrogens (tertiary/aromatic N) is 2. The van der Waals surface area contributed by atoms with E-state index in [0.29, 0.717) is 31.6 Å². The smallest absolute Gasteiger partial charge is 0.257 e. The highest BCUT2D eigenvalue weighted by atomic mass is 32.2. The fourth-order valence-electron chi connectivity index (χ4n) is 4.85. The maximum absolute atomic E-state index is 13.9. The number of anilines is 1. The maximum atomic E-state index is 13.9. The summed E-state index contributed by atoms with van der Waals surface area (Å²) in [6.45, 7) is 1.29. The lowest BCUT2D eigenvalue weighted by Crippen LogP contribution is -2.24. The molecule has 1 aromatic heterocycles. The number of alkyl halides is 2. The van der Waals surface area contributed by atoms with Gasteiger partial charge in [-0.05, 0) is 68.6 Å². The fourth-order valence-corrected chi connectivity index (χ4v) is 6.50. The van der Waals surface area contributed by atoms with Gasteiger partial charge in [-0.25, -0.2) is 27.2 Å². The van der Waals surface area contributed by atoms with Crippen LogP contribution < -0.4 is 10.1 Å². The number of amides is 1. The Morgan fingerprint density at radius 1 is 1.02 bits per heavy atom. The zero-order valence-corrected chi connectivity index (χ0v) is 22.8. The van der Waals surface area contributed by atoms with Crippen molar-refractivity contribution in [1.82, 2.24) is 9.97 Å². The number of ether oxygens (including phenoxy) is 3. The predicted molar refractivity (Wildman–Crippen MR) is 143 cm³/mol. The van der Waals surface area contributed by atoms with Gasteiger partial charge in [-0.3, -0.25) is 4.79 Å². The molecule has 2 aliphatic carbocycles. The van der Waals surface area contributed by atoms with Gasteiger partial charge in [0.25, 0.3) is 5.91 Å². The van der Waals surface area contributed by atoms with Gasteiger partial charge in [0.15, 0.2) is 21.9 Å². The van der Waals surface area contributed by atoms with Crippen molar-refractivity contribution >= 4 is 27.1 Å². The SMILES string of the molecule is O=C(Nc1cnc(OCCOC2CCCCO2)cn1)C(=CC1C[C@@H](F)[C@@H](F)C1)c1ccc(S(=O)(=O)C2CC2)cc1. The largest absolute Gasteiger partial charge is 0.474 e. The lowest BCUT2D eigenvalue weighted by Gasteiger charge is -2.22. The van der Waals surface area contributed by atoms with Crippen LogP contribution in [-0.2, 0) is 24.1 Å². The predicted octanol–water partition coefficient (Wildman–Crippen LogP) is 4.44. The Morgan fingerprint density at radius 2 is 1.77 bits per heavy atom. The normalized spacial score (nSPS) is 25.5. The summed E-state index contributed by atoms with van der Waals surface area (Å²) in [7, 11) is -3.40. The topological polar surface area (TPSA) is 117 Å². The van der Waals surface area contributed by atoms with E-state index >= 15 is 0 Å². The molecule has 12 heteroatoms. The van der Waals surface area contributed by atoms with E-state index in [-0.39, 0.29) is 53.2 Å². The molecule has 40 heavy (non-hydrogen) atoms. The van der Waals surface area contributed by atoms with Gasteiger partial charge in [-0.15, -0.1) is 0 Å². The zero-order valence-electron chi connectivity index (χ0n) is 22.0. The number of carbonyl (C=O) groups is 1. The summed E-state index contributed by atoms with van der Waals surface area (Å²) in [6, 6.07) is 6.01. The van der Waals surface area contributed by atoms with Crippen molar-refractivity contribution in [3.63, 3.8) is 0 Å². The van der Waals surface area contributed by atoms with Gasteiger partial charge in [0.1, 0.15) is 19.0 Å². The van der Waals surface area contributed by atoms with E-state index in [9.17, 15) is 22.0 Å². The molecule has 2 saturated carbocycles. The number of sulfone groups is 1. The number of rotatable bonds is 11. The minimum atomic E-state index is -3.40. The zero-order chi connectivity index (χ0) is 28.1. The van der Waals surface area contributed by atoms with Crippen LogP contribution in [0.15, 0.2) is 47.6 Å². The van der Waals surface area contributed by atoms with Crippen molar-refractivity contribution in [1.29, 1.82) is 0 Å². The molecule has 0 bridgehead atoms. The van der Waals surface area contributed by atoms with Crippen molar-refractivity contribution in [3.05, 3.63) is 48.3 Å². The van der Waals surface area contributed by atoms with E-state index < -0.39 is 34.0 Å². The molecular formula is C28H33F2N3O6S. The summed E-state index contributed by atoms with van der Waals surface area (Å²) in [5, 5.41) is 2.30. The van der Waals surface area contributed by atoms with Crippen molar-refractivity contribution < 1.29 is 36.2 Å². The minimum absolute atomic E-state index is 0.0332. The third-order valence-corrected chi connectivity index (χ3v) is 9.48. The Bertz CT molecular complexity index is 1290. The molecule has 3 aliphatic rings. The molecule has 0 spiro atoms. The van der Waals surface area contributed by atoms with E-state index in [0.717, 1.165) is 19.3 Å². The Labute approximate surface area is 232 Å². The van der Waals surface area contributed by atoms with Crippen LogP contribution in [0.5, 0.6) is 5.88 Å². The summed E-state index contributed by atoms with van der Waals surface area (Å²) in [4.78, 5) is 21.8. The first kappa shape index (κ1) is 28.6. The number of allylic oxidation sites excluding steroid dienone is 1. The molecule has 2 heterocycles. The molecule has 3 fully saturated rings. The summed E-state index contributed by atoms with van der Waals surface area (Å²) in [5.41, 5.74) is 0.602. The van der Waals surface area contributed by atoms with Crippen molar-refractivity contribution in [2.24, 2.45) is 5.92 Å². The second kappa shape index (κ2) is 12.7. The molecule has 4 atom stereocenters. The first-order chi connectivity index (χ1) is 19.3. The molecule has 0 radical (unpaired) electrons. The molecule has 9 nitrogen and oxygen atoms in total. The molecule has 1 aliphatic heterocycles. The van der Waals surface area contributed by atoms with Gasteiger partial charge in [0, 0.05) is 12.2 Å². The quantitative estimate of drug-likeness (QED) is 0.308. The van der Waals surface area contributed by atoms with E-state index in [1.54, 1.807) is 18.2 Å². The molecule has 1 amide bonds. The van der Waals surface area contributed by atoms with Crippen LogP contribution in [0.4, 0.5) is 14.6 Å². The molecule has 216 valence electrons. The highest BCUT2D eigenvalue weighted by Crippen LogP contribution is 2.36. The van der Waals surface area contributed by atoms with Gasteiger partial charge in [0.2, 0.25) is 5.88 Å². The molecule has 5 rings (SSSR count). The second-order valence-electron chi connectivity index (χ2n) is 10.3. The number of halogens is 2. The molecule has 1 N–H and O–H groups in total. The molecule has 1 saturated heterocycles. The first-order valence-corrected chi connectivity index (χ1v) is 15.2. The highest BCUT2D eigenvalue weighted by molar-refractivity contribution is 7.92. The standard InChI is InChI=1S/C28H33F2N3O6S/c29-23-14-18(15-24(23)30)13-22(19-4-6-20(7-5-19)40(35,36)21-8-9-21)28(34)33-25-16-32-26(17-31-25)37-11-12-39-27-3-1-2-10-38-27/h4-7,13,16-18,21,23-24,27H,1-3,8-12,14-15H2,(H,31,33,34)/t18?,23-,24+,27?. The van der Waals surface area contributed by atoms with Gasteiger partial charge < -0.3 is 19.5 Å². The van der Waals surface area contributed by atoms with Gasteiger partial charge in [-0.1, -0.05) is 18.2 Å². The Hall–Kier alpha value is -2.96. The van der Waals surface area contributed by atoms with Crippen LogP contribution in [-0.4, -0.2) is 68.0 Å². The van der Waals surface area contributed by atoms with Crippen LogP contribution in [0.3, 0.4) is 0 Å². The van der Waals surface area contributed by atoms with Crippen LogP contribution in [0, 0.1) is 5.92 Å². The van der Waals surface area contributed by atoms with E-state index in [2.05, 4.69) is 15.3 Å². The van der Waals surface area contributed by atoms with Crippen molar-refractivity contribution in [2.45, 2.75) is 73.7 Å². The number of nitrogens with one attached hydrogen (secondary N) is 1. The van der Waals surface area contributed by atoms with Crippen LogP contribution in [0.25, 0.3) is 5.57 Å². The van der Waals surface area contributed by atoms with Crippen LogP contribution in [0.2, 0.25) is 0 Å². The van der Waals surface area contributed by atoms with Crippen LogP contribution >= 0.6 is 0 Å². The van der Waals surface area contributed by atoms with Gasteiger partial charge >= 0.3 is 0 Å². The minimum Gasteiger partial charge on any atom is -0.474 e. The number of benzene rings is 1. The molecule has 1 aromatic carbocycles. The van der Waals surface area contributed by atoms with Gasteiger partial charge in [0.05, 0.1) is 29.1 Å². The third-order valence-electron chi connectivity index (χ3n) is 7.20. The maximum Gasteiger partial charge on any atom is 0.257 e. The second-order valence-corrected chi connectivity index (χ2v) is 12.6. The third kappa shape index (κ3) is 7.21. The summed E-state index contributed by atoms with van der Waals surface area (Å²) in [6.07, 6.45) is 5.06. The van der Waals surface area contributed by atoms with Crippen LogP contribution in [0.1, 0.15) is 50.5 Å². The van der Waals surface area contributed by atoms with E-state index in [4.69, 9.17) is 14.2 Å². The number of hydrogen-bond acceptors (Lipinski definition) is 8. The van der Waals surface area contributed by atoms with E-state index in [1.807, 2.05) is 0 Å². The molecular weight excluding hydrogens is 544 g/mol. The molecule has 2 unspecified atom stereocenters. The van der Waals surface area contributed by atoms with Crippen molar-refractivity contribution in [2.75, 3.05) is 25.1 Å². The first-order valence-electron chi connectivity index (χ1n) is 13.6. The number of hydrogen-bond donors (Lipinski definition) is 1. The highest BCUT2D eigenvalue weighted by Gasteiger charge is 2.37. The van der Waals surface area contributed by atoms with E-state index in [1.165, 1.54) is 24.5 Å². The Balaban J connectivity index is 1.23. The van der Waals surface area contributed by atoms with Gasteiger partial charge in [-0.2, -0.15) is 0 Å². The summed E-state index contributed by atoms with van der Waals surface area (Å²) < 4.78 is 69.5. The fraction of sp³-hybridized carbons (Fsp3) is 0.536. The van der Waals surface area contributed by atoms with Crippen molar-refractivity contribution in [3.8, 4) is 5.88 Å². The average molecular weight is 578 g/mol. The Kier molecular flexibility index (Phi) is 9.07. The lowest BCUT2D eigenvalue weighted by molar-refractivity contribution is -0.165. The summed E-state index contributed by atoms with van der Waals surface area (Å²) >= 11 is 0. The molecule has 2 aromatic rings. The Morgan fingerprint density at radius 3 is 2.40 bits per heavy atom. The summed E-state index contributed by atoms with van der Waals surface area (Å²) in [5.74, 6) is -0.632. The number of aromatic nitrogens is 2. The lowest BCUT2D eigenvalue weighted by atomic mass is 9.98.